The number of anilines is 2. The highest BCUT2D eigenvalue weighted by molar-refractivity contribution is 8.11. The molecule has 0 spiro atoms. The Labute approximate surface area is 230 Å². The van der Waals surface area contributed by atoms with Crippen LogP contribution in [0.3, 0.4) is 0 Å². The highest BCUT2D eigenvalue weighted by Crippen LogP contribution is 2.40. The number of nitrogen functional groups attached to an aromatic ring is 2. The first-order valence-electron chi connectivity index (χ1n) is 11.8. The van der Waals surface area contributed by atoms with Crippen LogP contribution in [0.15, 0.2) is 59.8 Å². The molecule has 1 atom stereocenters. The highest BCUT2D eigenvalue weighted by atomic mass is 32.2. The van der Waals surface area contributed by atoms with Crippen LogP contribution in [0.1, 0.15) is 18.1 Å². The number of carbonyl (C=O) groups excluding carboxylic acids is 1. The van der Waals surface area contributed by atoms with Gasteiger partial charge in [0.1, 0.15) is 17.4 Å². The number of alkyl carbamates (subject to hydrolysis) is 1. The number of nitrogens with two attached hydrogens (primary N) is 2. The second kappa shape index (κ2) is 12.2. The van der Waals surface area contributed by atoms with Crippen LogP contribution in [0, 0.1) is 0 Å². The van der Waals surface area contributed by atoms with Crippen molar-refractivity contribution in [2.45, 2.75) is 29.2 Å². The van der Waals surface area contributed by atoms with Crippen LogP contribution in [-0.2, 0) is 17.9 Å². The molecule has 6 N–H and O–H groups in total. The summed E-state index contributed by atoms with van der Waals surface area (Å²) >= 11 is 6.30. The molecule has 0 aliphatic carbocycles. The summed E-state index contributed by atoms with van der Waals surface area (Å²) in [5, 5.41) is 2.77. The standard InChI is InChI=1S/C25H30N8O3S2/c1-25(37,38-19-6-4-3-5-18(19)26)33(2)11-12-35-24(34)28-13-16-7-9-17(10-8-16)14-36-22-20-21(30-15-29-20)31-23(27)32-22/h3-10,15,37H,11-14,26H2,1-2H3,(H,28,34)(H3,27,29,30,31,32). The Morgan fingerprint density at radius 1 is 1.16 bits per heavy atom. The summed E-state index contributed by atoms with van der Waals surface area (Å²) in [6.07, 6.45) is 1.02. The molecule has 2 heterocycles. The van der Waals surface area contributed by atoms with E-state index in [-0.39, 0.29) is 19.2 Å². The normalized spacial score (nSPS) is 12.8. The van der Waals surface area contributed by atoms with Gasteiger partial charge in [-0.3, -0.25) is 4.90 Å². The number of para-hydroxylation sites is 1. The van der Waals surface area contributed by atoms with Crippen molar-refractivity contribution in [1.29, 1.82) is 0 Å². The Kier molecular flexibility index (Phi) is 8.81. The van der Waals surface area contributed by atoms with Crippen LogP contribution >= 0.6 is 24.4 Å². The molecule has 0 radical (unpaired) electrons. The van der Waals surface area contributed by atoms with E-state index < -0.39 is 10.3 Å². The molecule has 4 rings (SSSR count). The van der Waals surface area contributed by atoms with Crippen molar-refractivity contribution in [1.82, 2.24) is 30.2 Å². The van der Waals surface area contributed by atoms with Crippen LogP contribution in [0.2, 0.25) is 0 Å². The van der Waals surface area contributed by atoms with Crippen molar-refractivity contribution in [2.24, 2.45) is 0 Å². The summed E-state index contributed by atoms with van der Waals surface area (Å²) in [5.41, 5.74) is 15.3. The average molecular weight is 555 g/mol. The molecule has 2 aromatic heterocycles. The zero-order chi connectivity index (χ0) is 27.1. The number of likely N-dealkylation sites (N-methyl/N-ethyl adjacent to an activating group) is 1. The first kappa shape index (κ1) is 27.4. The van der Waals surface area contributed by atoms with Gasteiger partial charge in [0.15, 0.2) is 11.2 Å². The average Bonchev–Trinajstić information content (AvgIpc) is 3.36. The van der Waals surface area contributed by atoms with Gasteiger partial charge in [0, 0.05) is 23.7 Å². The van der Waals surface area contributed by atoms with Crippen molar-refractivity contribution in [2.75, 3.05) is 31.7 Å². The van der Waals surface area contributed by atoms with E-state index in [9.17, 15) is 4.79 Å². The number of H-pyrrole nitrogens is 1. The van der Waals surface area contributed by atoms with Gasteiger partial charge in [0.2, 0.25) is 11.8 Å². The Balaban J connectivity index is 1.18. The van der Waals surface area contributed by atoms with E-state index in [1.807, 2.05) is 67.4 Å². The van der Waals surface area contributed by atoms with Gasteiger partial charge in [-0.25, -0.2) is 9.78 Å². The van der Waals surface area contributed by atoms with Gasteiger partial charge in [-0.1, -0.05) is 48.2 Å². The molecule has 0 saturated heterocycles. The molecule has 13 heteroatoms. The van der Waals surface area contributed by atoms with Gasteiger partial charge in [-0.15, -0.1) is 12.6 Å². The van der Waals surface area contributed by atoms with Crippen LogP contribution in [0.4, 0.5) is 16.4 Å². The number of nitrogens with one attached hydrogen (secondary N) is 2. The molecule has 2 aromatic carbocycles. The Hall–Kier alpha value is -3.68. The lowest BCUT2D eigenvalue weighted by Crippen LogP contribution is -2.39. The molecule has 0 fully saturated rings. The predicted octanol–water partition coefficient (Wildman–Crippen LogP) is 3.65. The van der Waals surface area contributed by atoms with Crippen LogP contribution in [0.5, 0.6) is 5.88 Å². The molecule has 4 aromatic rings. The third kappa shape index (κ3) is 7.21. The number of aromatic nitrogens is 4. The number of thioether (sulfide) groups is 1. The van der Waals surface area contributed by atoms with E-state index in [4.69, 9.17) is 33.6 Å². The SMILES string of the molecule is CN(CCOC(=O)NCc1ccc(COc2nc(N)nc3[nH]cnc23)cc1)C(C)(S)Sc1ccccc1N. The number of ether oxygens (including phenoxy) is 2. The minimum atomic E-state index is -0.537. The van der Waals surface area contributed by atoms with E-state index in [2.05, 4.69) is 25.3 Å². The second-order valence-electron chi connectivity index (χ2n) is 8.58. The quantitative estimate of drug-likeness (QED) is 0.0802. The fraction of sp³-hybridized carbons (Fsp3) is 0.280. The maximum atomic E-state index is 12.2. The van der Waals surface area contributed by atoms with Crippen molar-refractivity contribution < 1.29 is 14.3 Å². The van der Waals surface area contributed by atoms with Gasteiger partial charge in [0.05, 0.1) is 6.33 Å². The number of carbonyl (C=O) groups is 1. The molecule has 0 saturated carbocycles. The lowest BCUT2D eigenvalue weighted by atomic mass is 10.1. The topological polar surface area (TPSA) is 157 Å². The predicted molar refractivity (Wildman–Crippen MR) is 152 cm³/mol. The molecule has 38 heavy (non-hydrogen) atoms. The van der Waals surface area contributed by atoms with Crippen LogP contribution < -0.4 is 21.5 Å². The highest BCUT2D eigenvalue weighted by Gasteiger charge is 2.27. The molecular weight excluding hydrogens is 524 g/mol. The van der Waals surface area contributed by atoms with Crippen molar-refractivity contribution in [3.05, 3.63) is 66.0 Å². The smallest absolute Gasteiger partial charge is 0.407 e. The zero-order valence-electron chi connectivity index (χ0n) is 21.0. The summed E-state index contributed by atoms with van der Waals surface area (Å²) in [7, 11) is 1.92. The van der Waals surface area contributed by atoms with Crippen LogP contribution in [0.25, 0.3) is 11.2 Å². The van der Waals surface area contributed by atoms with Gasteiger partial charge in [-0.2, -0.15) is 9.97 Å². The lowest BCUT2D eigenvalue weighted by Gasteiger charge is -2.34. The molecule has 0 aliphatic heterocycles. The summed E-state index contributed by atoms with van der Waals surface area (Å²) < 4.78 is 10.6. The number of fused-ring (bicyclic) bond motifs is 1. The molecule has 11 nitrogen and oxygen atoms in total. The van der Waals surface area contributed by atoms with Crippen molar-refractivity contribution >= 4 is 53.3 Å². The van der Waals surface area contributed by atoms with Gasteiger partial charge < -0.3 is 31.2 Å². The van der Waals surface area contributed by atoms with E-state index in [0.29, 0.717) is 35.8 Å². The van der Waals surface area contributed by atoms with Gasteiger partial charge >= 0.3 is 6.09 Å². The molecule has 1 unspecified atom stereocenters. The number of rotatable bonds is 11. The third-order valence-electron chi connectivity index (χ3n) is 5.69. The Bertz CT molecular complexity index is 1380. The largest absolute Gasteiger partial charge is 0.471 e. The monoisotopic (exact) mass is 554 g/mol. The number of benzene rings is 2. The minimum absolute atomic E-state index is 0.104. The molecule has 1 amide bonds. The fourth-order valence-electron chi connectivity index (χ4n) is 3.40. The summed E-state index contributed by atoms with van der Waals surface area (Å²) in [5.74, 6) is 0.418. The Morgan fingerprint density at radius 3 is 2.66 bits per heavy atom. The number of nitrogens with zero attached hydrogens (tertiary/aromatic N) is 4. The summed E-state index contributed by atoms with van der Waals surface area (Å²) in [6, 6.07) is 15.3. The number of thiol groups is 1. The first-order valence-corrected chi connectivity index (χ1v) is 13.0. The van der Waals surface area contributed by atoms with Crippen molar-refractivity contribution in [3.8, 4) is 5.88 Å². The minimum Gasteiger partial charge on any atom is -0.471 e. The number of imidazole rings is 1. The van der Waals surface area contributed by atoms with Gasteiger partial charge in [0.25, 0.3) is 0 Å². The van der Waals surface area contributed by atoms with Gasteiger partial charge in [-0.05, 0) is 37.2 Å². The second-order valence-corrected chi connectivity index (χ2v) is 11.2. The number of amides is 1. The number of hydrogen-bond donors (Lipinski definition) is 5. The lowest BCUT2D eigenvalue weighted by molar-refractivity contribution is 0.129. The number of hydrogen-bond acceptors (Lipinski definition) is 11. The van der Waals surface area contributed by atoms with E-state index >= 15 is 0 Å². The van der Waals surface area contributed by atoms with E-state index in [1.165, 1.54) is 18.1 Å². The fourth-order valence-corrected chi connectivity index (χ4v) is 4.79. The van der Waals surface area contributed by atoms with Crippen molar-refractivity contribution in [3.63, 3.8) is 0 Å². The summed E-state index contributed by atoms with van der Waals surface area (Å²) in [6.45, 7) is 3.31. The Morgan fingerprint density at radius 2 is 1.89 bits per heavy atom. The molecular formula is C25H30N8O3S2. The summed E-state index contributed by atoms with van der Waals surface area (Å²) in [4.78, 5) is 30.3. The molecule has 0 aliphatic rings. The van der Waals surface area contributed by atoms with Crippen LogP contribution in [-0.4, -0.2) is 55.3 Å². The maximum Gasteiger partial charge on any atom is 0.407 e. The van der Waals surface area contributed by atoms with E-state index in [0.717, 1.165) is 16.0 Å². The molecule has 200 valence electrons. The third-order valence-corrected chi connectivity index (χ3v) is 7.60. The molecule has 0 bridgehead atoms. The van der Waals surface area contributed by atoms with E-state index in [1.54, 1.807) is 0 Å². The number of aromatic amines is 1. The maximum absolute atomic E-state index is 12.2. The zero-order valence-corrected chi connectivity index (χ0v) is 22.8. The first-order chi connectivity index (χ1) is 18.2.